The molecular weight excluding hydrogens is 162 g/mol. The van der Waals surface area contributed by atoms with Crippen LogP contribution in [0.3, 0.4) is 0 Å². The van der Waals surface area contributed by atoms with Crippen molar-refractivity contribution in [3.05, 3.63) is 0 Å². The predicted octanol–water partition coefficient (Wildman–Crippen LogP) is 0.932. The average Bonchev–Trinajstić information content (AvgIpc) is 2.00. The van der Waals surface area contributed by atoms with Crippen molar-refractivity contribution >= 4 is 17.7 Å². The zero-order valence-electron chi connectivity index (χ0n) is 6.96. The van der Waals surface area contributed by atoms with Gasteiger partial charge in [-0.3, -0.25) is 4.79 Å². The van der Waals surface area contributed by atoms with Crippen LogP contribution in [0.5, 0.6) is 0 Å². The molecule has 0 radical (unpaired) electrons. The molecule has 0 saturated heterocycles. The van der Waals surface area contributed by atoms with Gasteiger partial charge in [-0.1, -0.05) is 6.92 Å². The van der Waals surface area contributed by atoms with Gasteiger partial charge in [-0.15, -0.1) is 0 Å². The maximum Gasteiger partial charge on any atom is 0.323 e. The van der Waals surface area contributed by atoms with Crippen LogP contribution < -0.4 is 5.73 Å². The van der Waals surface area contributed by atoms with E-state index < -0.39 is 11.5 Å². The number of carboxylic acids is 1. The van der Waals surface area contributed by atoms with Gasteiger partial charge in [0.1, 0.15) is 5.54 Å². The Kier molecular flexibility index (Phi) is 4.52. The van der Waals surface area contributed by atoms with E-state index in [1.54, 1.807) is 18.7 Å². The summed E-state index contributed by atoms with van der Waals surface area (Å²) >= 11 is 1.62. The summed E-state index contributed by atoms with van der Waals surface area (Å²) in [7, 11) is 0. The Hall–Kier alpha value is -0.220. The van der Waals surface area contributed by atoms with Gasteiger partial charge in [0.25, 0.3) is 0 Å². The molecule has 66 valence electrons. The van der Waals surface area contributed by atoms with Crippen LogP contribution in [-0.2, 0) is 4.79 Å². The normalized spacial score (nSPS) is 15.9. The van der Waals surface area contributed by atoms with E-state index in [1.165, 1.54) is 0 Å². The largest absolute Gasteiger partial charge is 0.480 e. The van der Waals surface area contributed by atoms with E-state index in [9.17, 15) is 4.79 Å². The molecular formula is C7H15NO2S. The maximum absolute atomic E-state index is 10.6. The van der Waals surface area contributed by atoms with Crippen molar-refractivity contribution in [3.63, 3.8) is 0 Å². The van der Waals surface area contributed by atoms with Crippen molar-refractivity contribution in [1.29, 1.82) is 0 Å². The summed E-state index contributed by atoms with van der Waals surface area (Å²) in [6.07, 6.45) is 2.97. The first-order valence-electron chi connectivity index (χ1n) is 3.58. The lowest BCUT2D eigenvalue weighted by Gasteiger charge is -2.21. The molecule has 0 unspecified atom stereocenters. The fourth-order valence-corrected chi connectivity index (χ4v) is 1.29. The van der Waals surface area contributed by atoms with E-state index in [0.29, 0.717) is 12.8 Å². The molecule has 0 aliphatic carbocycles. The molecule has 0 rings (SSSR count). The Morgan fingerprint density at radius 1 is 1.73 bits per heavy atom. The minimum atomic E-state index is -1.01. The Morgan fingerprint density at radius 3 is 2.55 bits per heavy atom. The minimum absolute atomic E-state index is 0.489. The van der Waals surface area contributed by atoms with E-state index in [1.807, 2.05) is 6.26 Å². The van der Waals surface area contributed by atoms with E-state index in [2.05, 4.69) is 0 Å². The molecule has 3 nitrogen and oxygen atoms in total. The van der Waals surface area contributed by atoms with Crippen LogP contribution in [0.4, 0.5) is 0 Å². The second-order valence-corrected chi connectivity index (χ2v) is 3.54. The van der Waals surface area contributed by atoms with Crippen LogP contribution in [0, 0.1) is 0 Å². The van der Waals surface area contributed by atoms with Crippen LogP contribution in [0.2, 0.25) is 0 Å². The fraction of sp³-hybridized carbons (Fsp3) is 0.857. The maximum atomic E-state index is 10.6. The molecule has 4 heteroatoms. The van der Waals surface area contributed by atoms with Gasteiger partial charge in [0.05, 0.1) is 0 Å². The third-order valence-corrected chi connectivity index (χ3v) is 2.42. The van der Waals surface area contributed by atoms with Gasteiger partial charge in [0.2, 0.25) is 0 Å². The van der Waals surface area contributed by atoms with Gasteiger partial charge in [-0.05, 0) is 24.9 Å². The van der Waals surface area contributed by atoms with Gasteiger partial charge >= 0.3 is 5.97 Å². The molecule has 0 spiro atoms. The molecule has 0 aliphatic heterocycles. The molecule has 1 atom stereocenters. The van der Waals surface area contributed by atoms with E-state index >= 15 is 0 Å². The molecule has 0 amide bonds. The topological polar surface area (TPSA) is 63.3 Å². The molecule has 0 aromatic heterocycles. The minimum Gasteiger partial charge on any atom is -0.480 e. The molecule has 0 saturated carbocycles. The van der Waals surface area contributed by atoms with Gasteiger partial charge in [-0.2, -0.15) is 11.8 Å². The number of carbonyl (C=O) groups is 1. The first kappa shape index (κ1) is 10.8. The zero-order valence-corrected chi connectivity index (χ0v) is 7.78. The lowest BCUT2D eigenvalue weighted by Crippen LogP contribution is -2.47. The fourth-order valence-electron chi connectivity index (χ4n) is 0.719. The van der Waals surface area contributed by atoms with Crippen molar-refractivity contribution in [2.24, 2.45) is 5.73 Å². The van der Waals surface area contributed by atoms with Gasteiger partial charge < -0.3 is 10.8 Å². The van der Waals surface area contributed by atoms with Crippen molar-refractivity contribution in [1.82, 2.24) is 0 Å². The monoisotopic (exact) mass is 177 g/mol. The van der Waals surface area contributed by atoms with E-state index in [-0.39, 0.29) is 0 Å². The Morgan fingerprint density at radius 2 is 2.27 bits per heavy atom. The van der Waals surface area contributed by atoms with Crippen LogP contribution in [0.15, 0.2) is 0 Å². The molecule has 0 aromatic rings. The van der Waals surface area contributed by atoms with Crippen LogP contribution in [0.25, 0.3) is 0 Å². The molecule has 0 aromatic carbocycles. The summed E-state index contributed by atoms with van der Waals surface area (Å²) in [5.41, 5.74) is 4.60. The van der Waals surface area contributed by atoms with Crippen LogP contribution in [0.1, 0.15) is 19.8 Å². The summed E-state index contributed by atoms with van der Waals surface area (Å²) in [4.78, 5) is 10.6. The first-order chi connectivity index (χ1) is 5.06. The lowest BCUT2D eigenvalue weighted by molar-refractivity contribution is -0.143. The Labute approximate surface area is 71.3 Å². The average molecular weight is 177 g/mol. The highest BCUT2D eigenvalue weighted by atomic mass is 32.2. The van der Waals surface area contributed by atoms with Crippen molar-refractivity contribution in [3.8, 4) is 0 Å². The zero-order chi connectivity index (χ0) is 8.91. The number of hydrogen-bond donors (Lipinski definition) is 2. The highest BCUT2D eigenvalue weighted by Crippen LogP contribution is 2.14. The van der Waals surface area contributed by atoms with Gasteiger partial charge in [0.15, 0.2) is 0 Å². The van der Waals surface area contributed by atoms with Crippen molar-refractivity contribution in [2.75, 3.05) is 12.0 Å². The van der Waals surface area contributed by atoms with Crippen molar-refractivity contribution in [2.45, 2.75) is 25.3 Å². The number of nitrogens with two attached hydrogens (primary N) is 1. The molecule has 0 bridgehead atoms. The third kappa shape index (κ3) is 3.12. The molecule has 0 fully saturated rings. The highest BCUT2D eigenvalue weighted by Gasteiger charge is 2.30. The molecule has 0 heterocycles. The van der Waals surface area contributed by atoms with Crippen molar-refractivity contribution < 1.29 is 9.90 Å². The number of aliphatic carboxylic acids is 1. The molecule has 11 heavy (non-hydrogen) atoms. The van der Waals surface area contributed by atoms with Crippen LogP contribution in [-0.4, -0.2) is 28.6 Å². The van der Waals surface area contributed by atoms with Gasteiger partial charge in [-0.25, -0.2) is 0 Å². The van der Waals surface area contributed by atoms with E-state index in [0.717, 1.165) is 5.75 Å². The van der Waals surface area contributed by atoms with E-state index in [4.69, 9.17) is 10.8 Å². The Balaban J connectivity index is 3.99. The summed E-state index contributed by atoms with van der Waals surface area (Å²) in [5, 5.41) is 8.72. The number of carboxylic acid groups (broad SMARTS) is 1. The first-order valence-corrected chi connectivity index (χ1v) is 4.97. The number of thioether (sulfide) groups is 1. The summed E-state index contributed by atoms with van der Waals surface area (Å²) in [6, 6.07) is 0. The number of hydrogen-bond acceptors (Lipinski definition) is 3. The quantitative estimate of drug-likeness (QED) is 0.655. The molecule has 0 aliphatic rings. The standard InChI is InChI=1S/C7H15NO2S/c1-3-7(8,6(9)10)4-5-11-2/h3-5,8H2,1-2H3,(H,9,10)/t7-/m0/s1. The second-order valence-electron chi connectivity index (χ2n) is 2.56. The smallest absolute Gasteiger partial charge is 0.323 e. The van der Waals surface area contributed by atoms with Crippen LogP contribution >= 0.6 is 11.8 Å². The third-order valence-electron chi connectivity index (χ3n) is 1.81. The second kappa shape index (κ2) is 4.62. The number of rotatable bonds is 5. The summed E-state index contributed by atoms with van der Waals surface area (Å²) < 4.78 is 0. The van der Waals surface area contributed by atoms with Gasteiger partial charge in [0, 0.05) is 0 Å². The summed E-state index contributed by atoms with van der Waals surface area (Å²) in [6.45, 7) is 1.80. The predicted molar refractivity (Wildman–Crippen MR) is 47.8 cm³/mol. The molecule has 3 N–H and O–H groups in total. The Bertz CT molecular complexity index is 140. The highest BCUT2D eigenvalue weighted by molar-refractivity contribution is 7.98. The SMILES string of the molecule is CC[C@](N)(CCSC)C(=O)O. The summed E-state index contributed by atoms with van der Waals surface area (Å²) in [5.74, 6) is -0.0922. The lowest BCUT2D eigenvalue weighted by atomic mass is 9.95.